The summed E-state index contributed by atoms with van der Waals surface area (Å²) in [4.78, 5) is 0.242. The molecule has 0 saturated heterocycles. The first-order valence-corrected chi connectivity index (χ1v) is 5.70. The maximum atomic E-state index is 11.5. The maximum absolute atomic E-state index is 11.5. The van der Waals surface area contributed by atoms with Gasteiger partial charge in [0.2, 0.25) is 9.84 Å². The molecule has 0 bridgehead atoms. The molecule has 0 unspecified atom stereocenters. The second-order valence-corrected chi connectivity index (χ2v) is 4.98. The molecule has 14 heavy (non-hydrogen) atoms. The van der Waals surface area contributed by atoms with Crippen molar-refractivity contribution in [1.82, 2.24) is 0 Å². The van der Waals surface area contributed by atoms with E-state index < -0.39 is 9.84 Å². The number of sulfone groups is 1. The van der Waals surface area contributed by atoms with Gasteiger partial charge in [-0.05, 0) is 30.7 Å². The van der Waals surface area contributed by atoms with Gasteiger partial charge in [0.15, 0.2) is 5.94 Å². The van der Waals surface area contributed by atoms with Crippen molar-refractivity contribution in [3.05, 3.63) is 23.8 Å². The van der Waals surface area contributed by atoms with Crippen molar-refractivity contribution in [1.29, 1.82) is 0 Å². The van der Waals surface area contributed by atoms with Crippen LogP contribution < -0.4 is 5.73 Å². The zero-order valence-electron chi connectivity index (χ0n) is 8.15. The molecule has 5 heteroatoms. The first kappa shape index (κ1) is 11.0. The van der Waals surface area contributed by atoms with E-state index in [0.29, 0.717) is 5.69 Å². The first-order chi connectivity index (χ1) is 6.47. The molecule has 4 nitrogen and oxygen atoms in total. The molecule has 0 radical (unpaired) electrons. The third-order valence-electron chi connectivity index (χ3n) is 1.87. The SMILES string of the molecule is COCS(=O)(=O)c1ccc(N)c(C)c1. The minimum absolute atomic E-state index is 0.242. The predicted molar refractivity (Wildman–Crippen MR) is 54.7 cm³/mol. The molecule has 1 rings (SSSR count). The maximum Gasteiger partial charge on any atom is 0.202 e. The van der Waals surface area contributed by atoms with Gasteiger partial charge in [0, 0.05) is 12.8 Å². The van der Waals surface area contributed by atoms with Crippen molar-refractivity contribution in [2.24, 2.45) is 0 Å². The Morgan fingerprint density at radius 1 is 1.43 bits per heavy atom. The third-order valence-corrected chi connectivity index (χ3v) is 3.39. The number of aryl methyl sites for hydroxylation is 1. The monoisotopic (exact) mass is 215 g/mol. The van der Waals surface area contributed by atoms with Gasteiger partial charge in [-0.1, -0.05) is 0 Å². The largest absolute Gasteiger partial charge is 0.399 e. The van der Waals surface area contributed by atoms with Crippen LogP contribution in [0.5, 0.6) is 0 Å². The summed E-state index contributed by atoms with van der Waals surface area (Å²) >= 11 is 0. The Morgan fingerprint density at radius 3 is 2.57 bits per heavy atom. The molecule has 0 aliphatic rings. The number of rotatable bonds is 3. The number of benzene rings is 1. The number of hydrogen-bond donors (Lipinski definition) is 1. The summed E-state index contributed by atoms with van der Waals surface area (Å²) in [7, 11) is -1.98. The minimum Gasteiger partial charge on any atom is -0.399 e. The summed E-state index contributed by atoms with van der Waals surface area (Å²) in [6.45, 7) is 1.77. The van der Waals surface area contributed by atoms with Crippen LogP contribution in [0.3, 0.4) is 0 Å². The molecular formula is C9H13NO3S. The number of nitrogens with two attached hydrogens (primary N) is 1. The molecule has 2 N–H and O–H groups in total. The molecule has 0 spiro atoms. The molecule has 0 heterocycles. The highest BCUT2D eigenvalue weighted by Crippen LogP contribution is 2.17. The lowest BCUT2D eigenvalue weighted by atomic mass is 10.2. The molecule has 0 atom stereocenters. The lowest BCUT2D eigenvalue weighted by Crippen LogP contribution is -2.08. The van der Waals surface area contributed by atoms with E-state index in [9.17, 15) is 8.42 Å². The van der Waals surface area contributed by atoms with Gasteiger partial charge in [0.25, 0.3) is 0 Å². The number of methoxy groups -OCH3 is 1. The fraction of sp³-hybridized carbons (Fsp3) is 0.333. The van der Waals surface area contributed by atoms with Gasteiger partial charge in [-0.2, -0.15) is 0 Å². The number of hydrogen-bond acceptors (Lipinski definition) is 4. The number of nitrogen functional groups attached to an aromatic ring is 1. The standard InChI is InChI=1S/C9H13NO3S/c1-7-5-8(3-4-9(7)10)14(11,12)6-13-2/h3-5H,6,10H2,1-2H3. The molecular weight excluding hydrogens is 202 g/mol. The number of anilines is 1. The van der Waals surface area contributed by atoms with Gasteiger partial charge < -0.3 is 10.5 Å². The van der Waals surface area contributed by atoms with Crippen molar-refractivity contribution in [2.45, 2.75) is 11.8 Å². The van der Waals surface area contributed by atoms with Crippen LogP contribution in [0.15, 0.2) is 23.1 Å². The van der Waals surface area contributed by atoms with E-state index >= 15 is 0 Å². The van der Waals surface area contributed by atoms with Crippen LogP contribution in [0, 0.1) is 6.92 Å². The fourth-order valence-corrected chi connectivity index (χ4v) is 2.14. The van der Waals surface area contributed by atoms with E-state index in [1.54, 1.807) is 19.1 Å². The molecule has 0 aliphatic heterocycles. The van der Waals surface area contributed by atoms with Crippen LogP contribution in [0.2, 0.25) is 0 Å². The lowest BCUT2D eigenvalue weighted by Gasteiger charge is -2.05. The average molecular weight is 215 g/mol. The Kier molecular flexibility index (Phi) is 3.13. The quantitative estimate of drug-likeness (QED) is 0.762. The Morgan fingerprint density at radius 2 is 2.07 bits per heavy atom. The van der Waals surface area contributed by atoms with Gasteiger partial charge in [0.1, 0.15) is 0 Å². The highest BCUT2D eigenvalue weighted by atomic mass is 32.2. The van der Waals surface area contributed by atoms with Crippen LogP contribution >= 0.6 is 0 Å². The Hall–Kier alpha value is -1.07. The smallest absolute Gasteiger partial charge is 0.202 e. The van der Waals surface area contributed by atoms with Crippen molar-refractivity contribution in [2.75, 3.05) is 18.8 Å². The van der Waals surface area contributed by atoms with Crippen molar-refractivity contribution < 1.29 is 13.2 Å². The van der Waals surface area contributed by atoms with Crippen LogP contribution in [-0.2, 0) is 14.6 Å². The van der Waals surface area contributed by atoms with E-state index in [1.165, 1.54) is 13.2 Å². The average Bonchev–Trinajstić information content (AvgIpc) is 2.09. The van der Waals surface area contributed by atoms with Crippen molar-refractivity contribution in [3.63, 3.8) is 0 Å². The molecule has 0 aliphatic carbocycles. The van der Waals surface area contributed by atoms with E-state index in [4.69, 9.17) is 5.73 Å². The summed E-state index contributed by atoms with van der Waals surface area (Å²) < 4.78 is 27.7. The Balaban J connectivity index is 3.15. The second kappa shape index (κ2) is 3.98. The normalized spacial score (nSPS) is 11.6. The summed E-state index contributed by atoms with van der Waals surface area (Å²) in [5, 5.41) is 0. The molecule has 0 fully saturated rings. The highest BCUT2D eigenvalue weighted by molar-refractivity contribution is 7.91. The Bertz CT molecular complexity index is 426. The van der Waals surface area contributed by atoms with E-state index in [1.807, 2.05) is 0 Å². The third kappa shape index (κ3) is 2.24. The van der Waals surface area contributed by atoms with Crippen molar-refractivity contribution >= 4 is 15.5 Å². The summed E-state index contributed by atoms with van der Waals surface area (Å²) in [5.41, 5.74) is 6.92. The lowest BCUT2D eigenvalue weighted by molar-refractivity contribution is 0.250. The van der Waals surface area contributed by atoms with Crippen LogP contribution in [0.1, 0.15) is 5.56 Å². The molecule has 0 aromatic heterocycles. The highest BCUT2D eigenvalue weighted by Gasteiger charge is 2.14. The van der Waals surface area contributed by atoms with Crippen LogP contribution in [0.25, 0.3) is 0 Å². The Labute approximate surface area is 83.6 Å². The summed E-state index contributed by atoms with van der Waals surface area (Å²) in [5.74, 6) is -0.309. The van der Waals surface area contributed by atoms with E-state index in [-0.39, 0.29) is 10.8 Å². The fourth-order valence-electron chi connectivity index (χ4n) is 1.06. The van der Waals surface area contributed by atoms with E-state index in [0.717, 1.165) is 5.56 Å². The van der Waals surface area contributed by atoms with Gasteiger partial charge >= 0.3 is 0 Å². The molecule has 1 aromatic rings. The summed E-state index contributed by atoms with van der Waals surface area (Å²) in [6.07, 6.45) is 0. The van der Waals surface area contributed by atoms with Gasteiger partial charge in [-0.25, -0.2) is 8.42 Å². The minimum atomic E-state index is -3.33. The predicted octanol–water partition coefficient (Wildman–Crippen LogP) is 0.955. The molecule has 78 valence electrons. The van der Waals surface area contributed by atoms with Crippen LogP contribution in [-0.4, -0.2) is 21.5 Å². The second-order valence-electron chi connectivity index (χ2n) is 3.04. The van der Waals surface area contributed by atoms with Crippen molar-refractivity contribution in [3.8, 4) is 0 Å². The molecule has 0 saturated carbocycles. The van der Waals surface area contributed by atoms with Gasteiger partial charge in [-0.3, -0.25) is 0 Å². The number of ether oxygens (including phenoxy) is 1. The van der Waals surface area contributed by atoms with Gasteiger partial charge in [-0.15, -0.1) is 0 Å². The first-order valence-electron chi connectivity index (χ1n) is 4.05. The van der Waals surface area contributed by atoms with E-state index in [2.05, 4.69) is 4.74 Å². The van der Waals surface area contributed by atoms with Gasteiger partial charge in [0.05, 0.1) is 4.90 Å². The zero-order chi connectivity index (χ0) is 10.8. The zero-order valence-corrected chi connectivity index (χ0v) is 8.97. The summed E-state index contributed by atoms with van der Waals surface area (Å²) in [6, 6.07) is 4.61. The molecule has 0 amide bonds. The van der Waals surface area contributed by atoms with Crippen LogP contribution in [0.4, 0.5) is 5.69 Å². The topological polar surface area (TPSA) is 69.4 Å². The molecule has 1 aromatic carbocycles.